The molecule has 1 aliphatic carbocycles. The number of aromatic carboxylic acids is 1. The lowest BCUT2D eigenvalue weighted by atomic mass is 9.84. The van der Waals surface area contributed by atoms with Crippen LogP contribution in [0.1, 0.15) is 77.9 Å². The monoisotopic (exact) mass is 576 g/mol. The molecule has 1 saturated carbocycles. The van der Waals surface area contributed by atoms with E-state index in [1.54, 1.807) is 24.3 Å². The minimum atomic E-state index is -3.92. The molecule has 0 bridgehead atoms. The molecule has 9 heteroatoms. The average Bonchev–Trinajstić information content (AvgIpc) is 3.48. The SMILES string of the molecule is Cc1ccc(S(=O)(=O)N2CCC[C@H]2C(=O)N(Cc2ccc(C3CCCCC3)cc2)c2ccc(C(=O)O)c(O)c2)cc1. The minimum absolute atomic E-state index is 0.135. The quantitative estimate of drug-likeness (QED) is 0.349. The van der Waals surface area contributed by atoms with Crippen LogP contribution in [-0.2, 0) is 21.4 Å². The highest BCUT2D eigenvalue weighted by atomic mass is 32.2. The number of rotatable bonds is 8. The molecular weight excluding hydrogens is 540 g/mol. The maximum atomic E-state index is 14.2. The van der Waals surface area contributed by atoms with E-state index >= 15 is 0 Å². The number of hydrogen-bond donors (Lipinski definition) is 2. The molecule has 41 heavy (non-hydrogen) atoms. The number of carbonyl (C=O) groups excluding carboxylic acids is 1. The van der Waals surface area contributed by atoms with E-state index < -0.39 is 33.7 Å². The van der Waals surface area contributed by atoms with Crippen LogP contribution >= 0.6 is 0 Å². The second-order valence-electron chi connectivity index (χ2n) is 11.1. The third-order valence-corrected chi connectivity index (χ3v) is 10.2. The summed E-state index contributed by atoms with van der Waals surface area (Å²) in [5.41, 5.74) is 3.09. The van der Waals surface area contributed by atoms with Crippen molar-refractivity contribution in [2.75, 3.05) is 11.4 Å². The topological polar surface area (TPSA) is 115 Å². The average molecular weight is 577 g/mol. The van der Waals surface area contributed by atoms with Crippen LogP contribution in [-0.4, -0.2) is 47.4 Å². The van der Waals surface area contributed by atoms with Gasteiger partial charge in [0, 0.05) is 18.3 Å². The van der Waals surface area contributed by atoms with Gasteiger partial charge in [-0.2, -0.15) is 4.31 Å². The molecule has 0 aromatic heterocycles. The number of carbonyl (C=O) groups is 2. The number of sulfonamides is 1. The molecule has 1 amide bonds. The molecular formula is C32H36N2O6S. The Morgan fingerprint density at radius 1 is 0.902 bits per heavy atom. The second kappa shape index (κ2) is 12.0. The molecule has 3 aromatic rings. The Bertz CT molecular complexity index is 1510. The predicted octanol–water partition coefficient (Wildman–Crippen LogP) is 5.83. The van der Waals surface area contributed by atoms with Crippen LogP contribution in [0, 0.1) is 6.92 Å². The van der Waals surface area contributed by atoms with Crippen molar-refractivity contribution in [3.63, 3.8) is 0 Å². The van der Waals surface area contributed by atoms with Crippen LogP contribution in [0.15, 0.2) is 71.6 Å². The zero-order valence-electron chi connectivity index (χ0n) is 23.2. The molecule has 1 heterocycles. The fraction of sp³-hybridized carbons (Fsp3) is 0.375. The van der Waals surface area contributed by atoms with E-state index in [1.165, 1.54) is 65.1 Å². The van der Waals surface area contributed by atoms with Crippen LogP contribution in [0.2, 0.25) is 0 Å². The minimum Gasteiger partial charge on any atom is -0.507 e. The molecule has 1 aliphatic heterocycles. The third-order valence-electron chi connectivity index (χ3n) is 8.30. The van der Waals surface area contributed by atoms with E-state index in [-0.39, 0.29) is 23.5 Å². The largest absolute Gasteiger partial charge is 0.507 e. The van der Waals surface area contributed by atoms with E-state index in [1.807, 2.05) is 19.1 Å². The van der Waals surface area contributed by atoms with Crippen molar-refractivity contribution in [1.82, 2.24) is 4.31 Å². The normalized spacial score (nSPS) is 18.3. The van der Waals surface area contributed by atoms with Crippen LogP contribution in [0.5, 0.6) is 5.75 Å². The predicted molar refractivity (Wildman–Crippen MR) is 157 cm³/mol. The molecule has 5 rings (SSSR count). The van der Waals surface area contributed by atoms with Gasteiger partial charge in [-0.25, -0.2) is 13.2 Å². The number of nitrogens with zero attached hydrogens (tertiary/aromatic N) is 2. The maximum absolute atomic E-state index is 14.2. The summed E-state index contributed by atoms with van der Waals surface area (Å²) in [5, 5.41) is 19.8. The molecule has 2 N–H and O–H groups in total. The number of aromatic hydroxyl groups is 1. The summed E-state index contributed by atoms with van der Waals surface area (Å²) in [4.78, 5) is 27.2. The number of anilines is 1. The highest BCUT2D eigenvalue weighted by molar-refractivity contribution is 7.89. The van der Waals surface area contributed by atoms with E-state index in [0.29, 0.717) is 24.4 Å². The van der Waals surface area contributed by atoms with Crippen LogP contribution < -0.4 is 4.90 Å². The summed E-state index contributed by atoms with van der Waals surface area (Å²) in [5.74, 6) is -1.63. The number of hydrogen-bond acceptors (Lipinski definition) is 5. The number of benzene rings is 3. The van der Waals surface area contributed by atoms with E-state index in [9.17, 15) is 28.2 Å². The first-order chi connectivity index (χ1) is 19.6. The Kier molecular flexibility index (Phi) is 8.47. The van der Waals surface area contributed by atoms with E-state index in [4.69, 9.17) is 0 Å². The van der Waals surface area contributed by atoms with Crippen molar-refractivity contribution in [3.05, 3.63) is 89.0 Å². The van der Waals surface area contributed by atoms with Crippen molar-refractivity contribution in [3.8, 4) is 5.75 Å². The van der Waals surface area contributed by atoms with Gasteiger partial charge in [-0.15, -0.1) is 0 Å². The van der Waals surface area contributed by atoms with Gasteiger partial charge in [0.1, 0.15) is 17.4 Å². The Morgan fingerprint density at radius 2 is 1.59 bits per heavy atom. The molecule has 2 aliphatic rings. The first-order valence-electron chi connectivity index (χ1n) is 14.2. The van der Waals surface area contributed by atoms with Crippen molar-refractivity contribution >= 4 is 27.6 Å². The molecule has 0 spiro atoms. The summed E-state index contributed by atoms with van der Waals surface area (Å²) < 4.78 is 28.4. The standard InChI is InChI=1S/C32H36N2O6S/c1-22-9-16-27(17-10-22)41(39,40)34-19-5-8-29(34)31(36)33(26-15-18-28(32(37)38)30(35)20-26)21-23-11-13-25(14-12-23)24-6-3-2-4-7-24/h9-18,20,24,29,35H,2-8,19,21H2,1H3,(H,37,38)/t29-/m0/s1. The first kappa shape index (κ1) is 28.8. The Hall–Kier alpha value is -3.69. The fourth-order valence-corrected chi connectivity index (χ4v) is 7.63. The van der Waals surface area contributed by atoms with Gasteiger partial charge in [-0.1, -0.05) is 61.2 Å². The number of carboxylic acid groups (broad SMARTS) is 1. The summed E-state index contributed by atoms with van der Waals surface area (Å²) in [7, 11) is -3.92. The molecule has 0 unspecified atom stereocenters. The summed E-state index contributed by atoms with van der Waals surface area (Å²) in [6.45, 7) is 2.24. The molecule has 1 atom stereocenters. The zero-order chi connectivity index (χ0) is 29.1. The number of carboxylic acids is 1. The van der Waals surface area contributed by atoms with Crippen molar-refractivity contribution in [2.24, 2.45) is 0 Å². The summed E-state index contributed by atoms with van der Waals surface area (Å²) in [6, 6.07) is 17.8. The van der Waals surface area contributed by atoms with Crippen molar-refractivity contribution < 1.29 is 28.2 Å². The summed E-state index contributed by atoms with van der Waals surface area (Å²) >= 11 is 0. The van der Waals surface area contributed by atoms with Gasteiger partial charge in [0.2, 0.25) is 15.9 Å². The fourth-order valence-electron chi connectivity index (χ4n) is 5.98. The van der Waals surface area contributed by atoms with Crippen molar-refractivity contribution in [2.45, 2.75) is 75.3 Å². The maximum Gasteiger partial charge on any atom is 0.339 e. The lowest BCUT2D eigenvalue weighted by molar-refractivity contribution is -0.121. The van der Waals surface area contributed by atoms with Gasteiger partial charge in [-0.3, -0.25) is 4.79 Å². The van der Waals surface area contributed by atoms with Crippen LogP contribution in [0.3, 0.4) is 0 Å². The first-order valence-corrected chi connectivity index (χ1v) is 15.6. The lowest BCUT2D eigenvalue weighted by Crippen LogP contribution is -2.47. The Morgan fingerprint density at radius 3 is 2.22 bits per heavy atom. The van der Waals surface area contributed by atoms with Gasteiger partial charge >= 0.3 is 5.97 Å². The molecule has 8 nitrogen and oxygen atoms in total. The van der Waals surface area contributed by atoms with Gasteiger partial charge in [-0.05, 0) is 73.9 Å². The third kappa shape index (κ3) is 6.16. The smallest absolute Gasteiger partial charge is 0.339 e. The number of amides is 1. The molecule has 3 aromatic carbocycles. The lowest BCUT2D eigenvalue weighted by Gasteiger charge is -2.30. The molecule has 216 valence electrons. The van der Waals surface area contributed by atoms with Crippen LogP contribution in [0.25, 0.3) is 0 Å². The molecule has 1 saturated heterocycles. The van der Waals surface area contributed by atoms with Gasteiger partial charge in [0.25, 0.3) is 0 Å². The van der Waals surface area contributed by atoms with Gasteiger partial charge in [0.15, 0.2) is 0 Å². The van der Waals surface area contributed by atoms with Gasteiger partial charge < -0.3 is 15.1 Å². The summed E-state index contributed by atoms with van der Waals surface area (Å²) in [6.07, 6.45) is 6.98. The highest BCUT2D eigenvalue weighted by Crippen LogP contribution is 2.34. The van der Waals surface area contributed by atoms with Crippen molar-refractivity contribution in [1.29, 1.82) is 0 Å². The highest BCUT2D eigenvalue weighted by Gasteiger charge is 2.41. The second-order valence-corrected chi connectivity index (χ2v) is 13.0. The number of aryl methyl sites for hydroxylation is 1. The Labute approximate surface area is 241 Å². The van der Waals surface area contributed by atoms with Crippen LogP contribution in [0.4, 0.5) is 5.69 Å². The Balaban J connectivity index is 1.46. The molecule has 2 fully saturated rings. The van der Waals surface area contributed by atoms with Gasteiger partial charge in [0.05, 0.1) is 11.4 Å². The zero-order valence-corrected chi connectivity index (χ0v) is 24.0. The number of phenols is 1. The van der Waals surface area contributed by atoms with E-state index in [0.717, 1.165) is 11.1 Å². The van der Waals surface area contributed by atoms with E-state index in [2.05, 4.69) is 12.1 Å². The molecule has 0 radical (unpaired) electrons.